The molecule has 0 spiro atoms. The zero-order chi connectivity index (χ0) is 15.2. The molecule has 6 heteroatoms. The average Bonchev–Trinajstić information content (AvgIpc) is 2.96. The van der Waals surface area contributed by atoms with Crippen molar-refractivity contribution in [3.63, 3.8) is 0 Å². The third kappa shape index (κ3) is 3.26. The minimum absolute atomic E-state index is 0.213. The predicted molar refractivity (Wildman–Crippen MR) is 82.1 cm³/mol. The van der Waals surface area contributed by atoms with Gasteiger partial charge in [0.05, 0.1) is 0 Å². The molecule has 2 heterocycles. The zero-order valence-electron chi connectivity index (χ0n) is 12.0. The van der Waals surface area contributed by atoms with E-state index in [2.05, 4.69) is 21.4 Å². The van der Waals surface area contributed by atoms with Crippen LogP contribution in [0, 0.1) is 11.3 Å². The molecule has 0 aromatic carbocycles. The number of rotatable bonds is 5. The molecule has 0 aliphatic heterocycles. The van der Waals surface area contributed by atoms with E-state index in [1.165, 1.54) is 11.3 Å². The number of thiazole rings is 1. The lowest BCUT2D eigenvalue weighted by atomic mass is 10.1. The predicted octanol–water partition coefficient (Wildman–Crippen LogP) is 2.78. The van der Waals surface area contributed by atoms with E-state index in [0.29, 0.717) is 16.4 Å². The van der Waals surface area contributed by atoms with Crippen LogP contribution in [0.25, 0.3) is 10.6 Å². The zero-order valence-corrected chi connectivity index (χ0v) is 12.8. The highest BCUT2D eigenvalue weighted by molar-refractivity contribution is 7.15. The average molecular weight is 300 g/mol. The topological polar surface area (TPSA) is 78.7 Å². The molecule has 0 fully saturated rings. The maximum absolute atomic E-state index is 12.1. The minimum atomic E-state index is -0.289. The molecular formula is C15H16N4OS. The lowest BCUT2D eigenvalue weighted by molar-refractivity contribution is 0.0949. The van der Waals surface area contributed by atoms with Gasteiger partial charge in [0.1, 0.15) is 16.0 Å². The second-order valence-corrected chi connectivity index (χ2v) is 5.45. The molecule has 0 bridgehead atoms. The normalized spacial score (nSPS) is 10.1. The fourth-order valence-electron chi connectivity index (χ4n) is 1.90. The Balaban J connectivity index is 2.41. The van der Waals surface area contributed by atoms with Gasteiger partial charge in [0.2, 0.25) is 0 Å². The number of hydrogen-bond donors (Lipinski definition) is 1. The number of nitrogens with zero attached hydrogens (tertiary/aromatic N) is 3. The van der Waals surface area contributed by atoms with Crippen LogP contribution in [0.4, 0.5) is 0 Å². The Morgan fingerprint density at radius 2 is 2.29 bits per heavy atom. The highest BCUT2D eigenvalue weighted by atomic mass is 32.1. The molecule has 0 radical (unpaired) electrons. The van der Waals surface area contributed by atoms with Crippen LogP contribution in [0.5, 0.6) is 0 Å². The van der Waals surface area contributed by atoms with Crippen molar-refractivity contribution in [2.45, 2.75) is 26.7 Å². The van der Waals surface area contributed by atoms with Crippen LogP contribution in [0.15, 0.2) is 18.5 Å². The van der Waals surface area contributed by atoms with Gasteiger partial charge in [-0.3, -0.25) is 9.78 Å². The van der Waals surface area contributed by atoms with E-state index in [4.69, 9.17) is 0 Å². The Morgan fingerprint density at radius 3 is 2.95 bits per heavy atom. The Kier molecular flexibility index (Phi) is 5.01. The molecule has 2 aromatic rings. The minimum Gasteiger partial charge on any atom is -0.351 e. The van der Waals surface area contributed by atoms with Crippen molar-refractivity contribution in [3.05, 3.63) is 34.6 Å². The van der Waals surface area contributed by atoms with Gasteiger partial charge in [-0.1, -0.05) is 13.8 Å². The van der Waals surface area contributed by atoms with E-state index in [0.717, 1.165) is 24.0 Å². The monoisotopic (exact) mass is 300 g/mol. The number of pyridine rings is 1. The van der Waals surface area contributed by atoms with E-state index in [1.807, 2.05) is 19.9 Å². The van der Waals surface area contributed by atoms with E-state index < -0.39 is 0 Å². The summed E-state index contributed by atoms with van der Waals surface area (Å²) in [5, 5.41) is 12.7. The van der Waals surface area contributed by atoms with Crippen molar-refractivity contribution in [2.75, 3.05) is 6.54 Å². The van der Waals surface area contributed by atoms with Crippen molar-refractivity contribution >= 4 is 17.2 Å². The van der Waals surface area contributed by atoms with E-state index in [9.17, 15) is 10.1 Å². The molecule has 2 aromatic heterocycles. The van der Waals surface area contributed by atoms with Crippen LogP contribution < -0.4 is 5.32 Å². The Hall–Kier alpha value is -2.26. The largest absolute Gasteiger partial charge is 0.351 e. The van der Waals surface area contributed by atoms with Crippen LogP contribution in [0.2, 0.25) is 0 Å². The van der Waals surface area contributed by atoms with Crippen LogP contribution >= 0.6 is 11.3 Å². The molecule has 21 heavy (non-hydrogen) atoms. The van der Waals surface area contributed by atoms with Crippen molar-refractivity contribution < 1.29 is 4.79 Å². The first-order valence-electron chi connectivity index (χ1n) is 6.83. The van der Waals surface area contributed by atoms with E-state index >= 15 is 0 Å². The lowest BCUT2D eigenvalue weighted by Gasteiger charge is -2.03. The standard InChI is InChI=1S/C15H16N4OS/c1-3-6-18-14(20)13-12(8-16)21-15(19-13)11-5-7-17-9-10(11)4-2/h5,7,9H,3-4,6H2,1-2H3,(H,18,20). The second kappa shape index (κ2) is 6.95. The number of carbonyl (C=O) groups excluding carboxylic acids is 1. The SMILES string of the molecule is CCCNC(=O)c1nc(-c2ccncc2CC)sc1C#N. The first-order chi connectivity index (χ1) is 10.2. The first kappa shape index (κ1) is 15.1. The maximum Gasteiger partial charge on any atom is 0.272 e. The second-order valence-electron chi connectivity index (χ2n) is 4.45. The van der Waals surface area contributed by atoms with Gasteiger partial charge >= 0.3 is 0 Å². The quantitative estimate of drug-likeness (QED) is 0.921. The van der Waals surface area contributed by atoms with E-state index in [-0.39, 0.29) is 11.6 Å². The number of aryl methyl sites for hydroxylation is 1. The Morgan fingerprint density at radius 1 is 1.48 bits per heavy atom. The van der Waals surface area contributed by atoms with Gasteiger partial charge in [-0.15, -0.1) is 11.3 Å². The molecule has 1 amide bonds. The summed E-state index contributed by atoms with van der Waals surface area (Å²) >= 11 is 1.24. The summed E-state index contributed by atoms with van der Waals surface area (Å²) in [7, 11) is 0. The summed E-state index contributed by atoms with van der Waals surface area (Å²) < 4.78 is 0. The molecule has 1 N–H and O–H groups in total. The molecular weight excluding hydrogens is 284 g/mol. The highest BCUT2D eigenvalue weighted by Gasteiger charge is 2.19. The summed E-state index contributed by atoms with van der Waals surface area (Å²) in [5.74, 6) is -0.289. The van der Waals surface area contributed by atoms with Crippen molar-refractivity contribution in [1.82, 2.24) is 15.3 Å². The Bertz CT molecular complexity index is 687. The third-order valence-electron chi connectivity index (χ3n) is 2.99. The molecule has 0 aliphatic carbocycles. The van der Waals surface area contributed by atoms with Crippen molar-refractivity contribution in [1.29, 1.82) is 5.26 Å². The van der Waals surface area contributed by atoms with Crippen molar-refractivity contribution in [2.24, 2.45) is 0 Å². The maximum atomic E-state index is 12.1. The summed E-state index contributed by atoms with van der Waals surface area (Å²) in [5.41, 5.74) is 2.20. The molecule has 2 rings (SSSR count). The molecule has 0 saturated carbocycles. The summed E-state index contributed by atoms with van der Waals surface area (Å²) in [6.07, 6.45) is 5.15. The fraction of sp³-hybridized carbons (Fsp3) is 0.333. The first-order valence-corrected chi connectivity index (χ1v) is 7.65. The number of aromatic nitrogens is 2. The van der Waals surface area contributed by atoms with Gasteiger partial charge < -0.3 is 5.32 Å². The molecule has 0 unspecified atom stereocenters. The smallest absolute Gasteiger partial charge is 0.272 e. The molecule has 0 saturated heterocycles. The van der Waals surface area contributed by atoms with Gasteiger partial charge in [-0.2, -0.15) is 5.26 Å². The number of hydrogen-bond acceptors (Lipinski definition) is 5. The summed E-state index contributed by atoms with van der Waals surface area (Å²) in [6.45, 7) is 4.59. The number of amides is 1. The fourth-order valence-corrected chi connectivity index (χ4v) is 2.82. The molecule has 0 atom stereocenters. The van der Waals surface area contributed by atoms with Gasteiger partial charge in [-0.05, 0) is 24.5 Å². The molecule has 0 aliphatic rings. The number of nitriles is 1. The number of carbonyl (C=O) groups is 1. The molecule has 108 valence electrons. The molecule has 5 nitrogen and oxygen atoms in total. The number of nitrogens with one attached hydrogen (secondary N) is 1. The van der Waals surface area contributed by atoms with Crippen LogP contribution in [0.1, 0.15) is 41.2 Å². The van der Waals surface area contributed by atoms with Gasteiger partial charge in [-0.25, -0.2) is 4.98 Å². The van der Waals surface area contributed by atoms with Crippen LogP contribution in [-0.2, 0) is 6.42 Å². The highest BCUT2D eigenvalue weighted by Crippen LogP contribution is 2.30. The van der Waals surface area contributed by atoms with Gasteiger partial charge in [0.25, 0.3) is 5.91 Å². The summed E-state index contributed by atoms with van der Waals surface area (Å²) in [4.78, 5) is 20.9. The Labute approximate surface area is 127 Å². The van der Waals surface area contributed by atoms with E-state index in [1.54, 1.807) is 12.4 Å². The van der Waals surface area contributed by atoms with Gasteiger partial charge in [0, 0.05) is 24.5 Å². The van der Waals surface area contributed by atoms with Crippen LogP contribution in [0.3, 0.4) is 0 Å². The van der Waals surface area contributed by atoms with Crippen molar-refractivity contribution in [3.8, 4) is 16.6 Å². The lowest BCUT2D eigenvalue weighted by Crippen LogP contribution is -2.25. The summed E-state index contributed by atoms with van der Waals surface area (Å²) in [6, 6.07) is 3.93. The third-order valence-corrected chi connectivity index (χ3v) is 3.99. The van der Waals surface area contributed by atoms with Gasteiger partial charge in [0.15, 0.2) is 5.69 Å². The van der Waals surface area contributed by atoms with Crippen LogP contribution in [-0.4, -0.2) is 22.4 Å².